The topological polar surface area (TPSA) is 80.3 Å². The summed E-state index contributed by atoms with van der Waals surface area (Å²) < 4.78 is 5.05. The molecule has 116 valence electrons. The van der Waals surface area contributed by atoms with Crippen molar-refractivity contribution < 1.29 is 14.3 Å². The summed E-state index contributed by atoms with van der Waals surface area (Å²) in [6.45, 7) is 5.77. The highest BCUT2D eigenvalue weighted by atomic mass is 35.5. The van der Waals surface area contributed by atoms with Crippen molar-refractivity contribution in [3.05, 3.63) is 28.0 Å². The summed E-state index contributed by atoms with van der Waals surface area (Å²) in [5.41, 5.74) is -0.330. The maximum atomic E-state index is 11.9. The van der Waals surface area contributed by atoms with Crippen LogP contribution >= 0.6 is 23.2 Å². The minimum absolute atomic E-state index is 0.177. The fourth-order valence-electron chi connectivity index (χ4n) is 1.34. The molecule has 0 bridgehead atoms. The van der Waals surface area contributed by atoms with Gasteiger partial charge in [-0.05, 0) is 26.8 Å². The van der Waals surface area contributed by atoms with Gasteiger partial charge in [0.05, 0.1) is 10.6 Å². The van der Waals surface area contributed by atoms with E-state index in [0.29, 0.717) is 0 Å². The highest BCUT2D eigenvalue weighted by Gasteiger charge is 2.16. The van der Waals surface area contributed by atoms with Gasteiger partial charge < -0.3 is 15.4 Å². The van der Waals surface area contributed by atoms with Crippen LogP contribution in [0.5, 0.6) is 0 Å². The smallest absolute Gasteiger partial charge is 0.407 e. The van der Waals surface area contributed by atoms with E-state index in [1.165, 1.54) is 12.3 Å². The lowest BCUT2D eigenvalue weighted by molar-refractivity contribution is 0.0526. The molecule has 0 unspecified atom stereocenters. The Balaban J connectivity index is 2.38. The van der Waals surface area contributed by atoms with Gasteiger partial charge in [0, 0.05) is 19.3 Å². The van der Waals surface area contributed by atoms with Crippen LogP contribution < -0.4 is 10.6 Å². The molecule has 2 amide bonds. The molecule has 0 aliphatic heterocycles. The summed E-state index contributed by atoms with van der Waals surface area (Å²) in [6, 6.07) is 1.38. The number of nitrogens with zero attached hydrogens (tertiary/aromatic N) is 1. The molecule has 0 saturated carbocycles. The van der Waals surface area contributed by atoms with Crippen molar-refractivity contribution in [2.75, 3.05) is 13.1 Å². The second-order valence-electron chi connectivity index (χ2n) is 5.17. The molecule has 0 aromatic carbocycles. The standard InChI is InChI=1S/C13H17Cl2N3O3/c1-13(2,3)21-12(20)17-5-4-16-11(19)8-6-10(15)18-7-9(8)14/h6-7H,4-5H2,1-3H3,(H,16,19)(H,17,20). The van der Waals surface area contributed by atoms with Crippen LogP contribution in [-0.4, -0.2) is 35.7 Å². The third-order valence-corrected chi connectivity index (χ3v) is 2.65. The van der Waals surface area contributed by atoms with Crippen LogP contribution in [0.15, 0.2) is 12.3 Å². The highest BCUT2D eigenvalue weighted by Crippen LogP contribution is 2.17. The maximum Gasteiger partial charge on any atom is 0.407 e. The average molecular weight is 334 g/mol. The first-order chi connectivity index (χ1) is 9.69. The van der Waals surface area contributed by atoms with Gasteiger partial charge in [-0.2, -0.15) is 0 Å². The van der Waals surface area contributed by atoms with Crippen molar-refractivity contribution in [2.24, 2.45) is 0 Å². The number of carbonyl (C=O) groups is 2. The zero-order chi connectivity index (χ0) is 16.0. The van der Waals surface area contributed by atoms with E-state index in [0.717, 1.165) is 0 Å². The molecule has 1 rings (SSSR count). The lowest BCUT2D eigenvalue weighted by atomic mass is 10.2. The van der Waals surface area contributed by atoms with Crippen LogP contribution in [0.25, 0.3) is 0 Å². The summed E-state index contributed by atoms with van der Waals surface area (Å²) in [4.78, 5) is 27.0. The lowest BCUT2D eigenvalue weighted by Crippen LogP contribution is -2.37. The Morgan fingerprint density at radius 2 is 1.86 bits per heavy atom. The third kappa shape index (κ3) is 6.64. The van der Waals surface area contributed by atoms with Crippen LogP contribution in [0.4, 0.5) is 4.79 Å². The summed E-state index contributed by atoms with van der Waals surface area (Å²) in [7, 11) is 0. The van der Waals surface area contributed by atoms with E-state index in [1.807, 2.05) is 0 Å². The van der Waals surface area contributed by atoms with Gasteiger partial charge in [0.1, 0.15) is 10.8 Å². The fourth-order valence-corrected chi connectivity index (χ4v) is 1.68. The number of hydrogen-bond acceptors (Lipinski definition) is 4. The van der Waals surface area contributed by atoms with Gasteiger partial charge in [0.15, 0.2) is 0 Å². The molecule has 1 heterocycles. The minimum atomic E-state index is -0.561. The number of hydrogen-bond donors (Lipinski definition) is 2. The number of alkyl carbamates (subject to hydrolysis) is 1. The number of ether oxygens (including phenoxy) is 1. The summed E-state index contributed by atoms with van der Waals surface area (Å²) in [5, 5.41) is 5.51. The number of rotatable bonds is 4. The number of aromatic nitrogens is 1. The van der Waals surface area contributed by atoms with E-state index < -0.39 is 17.6 Å². The molecule has 0 aliphatic rings. The first-order valence-corrected chi connectivity index (χ1v) is 7.01. The summed E-state index contributed by atoms with van der Waals surface area (Å²) in [6.07, 6.45) is 0.763. The van der Waals surface area contributed by atoms with E-state index in [1.54, 1.807) is 20.8 Å². The molecular weight excluding hydrogens is 317 g/mol. The number of amides is 2. The van der Waals surface area contributed by atoms with Gasteiger partial charge in [-0.15, -0.1) is 0 Å². The van der Waals surface area contributed by atoms with E-state index in [9.17, 15) is 9.59 Å². The van der Waals surface area contributed by atoms with Gasteiger partial charge in [0.25, 0.3) is 5.91 Å². The van der Waals surface area contributed by atoms with Crippen molar-refractivity contribution in [1.29, 1.82) is 0 Å². The van der Waals surface area contributed by atoms with E-state index in [4.69, 9.17) is 27.9 Å². The van der Waals surface area contributed by atoms with Crippen LogP contribution in [0.3, 0.4) is 0 Å². The van der Waals surface area contributed by atoms with Gasteiger partial charge >= 0.3 is 6.09 Å². The molecule has 0 spiro atoms. The third-order valence-electron chi connectivity index (χ3n) is 2.15. The molecule has 6 nitrogen and oxygen atoms in total. The molecule has 0 atom stereocenters. The number of halogens is 2. The minimum Gasteiger partial charge on any atom is -0.444 e. The molecule has 0 saturated heterocycles. The maximum absolute atomic E-state index is 11.9. The Labute approximate surface area is 133 Å². The molecule has 1 aromatic rings. The van der Waals surface area contributed by atoms with E-state index >= 15 is 0 Å². The van der Waals surface area contributed by atoms with E-state index in [2.05, 4.69) is 15.6 Å². The van der Waals surface area contributed by atoms with Crippen LogP contribution in [0.1, 0.15) is 31.1 Å². The molecular formula is C13H17Cl2N3O3. The molecule has 2 N–H and O–H groups in total. The molecule has 0 radical (unpaired) electrons. The van der Waals surface area contributed by atoms with Crippen molar-refractivity contribution in [3.8, 4) is 0 Å². The molecule has 21 heavy (non-hydrogen) atoms. The van der Waals surface area contributed by atoms with Gasteiger partial charge in [-0.3, -0.25) is 4.79 Å². The Bertz CT molecular complexity index is 530. The second kappa shape index (κ2) is 7.47. The first kappa shape index (κ1) is 17.5. The molecule has 1 aromatic heterocycles. The van der Waals surface area contributed by atoms with Crippen molar-refractivity contribution in [1.82, 2.24) is 15.6 Å². The van der Waals surface area contributed by atoms with E-state index in [-0.39, 0.29) is 28.8 Å². The second-order valence-corrected chi connectivity index (χ2v) is 5.97. The monoisotopic (exact) mass is 333 g/mol. The van der Waals surface area contributed by atoms with Gasteiger partial charge in [-0.1, -0.05) is 23.2 Å². The predicted molar refractivity (Wildman–Crippen MR) is 80.8 cm³/mol. The molecule has 0 aliphatic carbocycles. The highest BCUT2D eigenvalue weighted by molar-refractivity contribution is 6.35. The normalized spacial score (nSPS) is 10.9. The molecule has 8 heteroatoms. The number of pyridine rings is 1. The number of nitrogens with one attached hydrogen (secondary N) is 2. The Kier molecular flexibility index (Phi) is 6.23. The Hall–Kier alpha value is -1.53. The molecule has 0 fully saturated rings. The quantitative estimate of drug-likeness (QED) is 0.655. The van der Waals surface area contributed by atoms with Crippen LogP contribution in [0, 0.1) is 0 Å². The van der Waals surface area contributed by atoms with Crippen molar-refractivity contribution in [3.63, 3.8) is 0 Å². The van der Waals surface area contributed by atoms with Crippen molar-refractivity contribution >= 4 is 35.2 Å². The SMILES string of the molecule is CC(C)(C)OC(=O)NCCNC(=O)c1cc(Cl)ncc1Cl. The summed E-state index contributed by atoms with van der Waals surface area (Å²) >= 11 is 11.6. The van der Waals surface area contributed by atoms with Gasteiger partial charge in [-0.25, -0.2) is 9.78 Å². The number of carbonyl (C=O) groups excluding carboxylic acids is 2. The Morgan fingerprint density at radius 3 is 2.48 bits per heavy atom. The summed E-state index contributed by atoms with van der Waals surface area (Å²) in [5.74, 6) is -0.393. The Morgan fingerprint density at radius 1 is 1.24 bits per heavy atom. The first-order valence-electron chi connectivity index (χ1n) is 6.25. The van der Waals surface area contributed by atoms with Crippen LogP contribution in [0.2, 0.25) is 10.2 Å². The van der Waals surface area contributed by atoms with Crippen LogP contribution in [-0.2, 0) is 4.74 Å². The zero-order valence-electron chi connectivity index (χ0n) is 12.0. The van der Waals surface area contributed by atoms with Crippen molar-refractivity contribution in [2.45, 2.75) is 26.4 Å². The predicted octanol–water partition coefficient (Wildman–Crippen LogP) is 2.64. The lowest BCUT2D eigenvalue weighted by Gasteiger charge is -2.19. The average Bonchev–Trinajstić information content (AvgIpc) is 2.35. The fraction of sp³-hybridized carbons (Fsp3) is 0.462. The zero-order valence-corrected chi connectivity index (χ0v) is 13.5. The van der Waals surface area contributed by atoms with Gasteiger partial charge in [0.2, 0.25) is 0 Å². The largest absolute Gasteiger partial charge is 0.444 e.